The van der Waals surface area contributed by atoms with Crippen molar-refractivity contribution in [1.29, 1.82) is 5.26 Å². The molecule has 1 aliphatic rings. The largest absolute Gasteiger partial charge is 0.383 e. The van der Waals surface area contributed by atoms with Gasteiger partial charge in [-0.2, -0.15) is 5.26 Å². The van der Waals surface area contributed by atoms with Crippen molar-refractivity contribution in [3.8, 4) is 6.07 Å². The number of hydrogen-bond donors (Lipinski definition) is 1. The Morgan fingerprint density at radius 2 is 2.15 bits per heavy atom. The van der Waals surface area contributed by atoms with Crippen LogP contribution in [0.5, 0.6) is 0 Å². The predicted molar refractivity (Wildman–Crippen MR) is 102 cm³/mol. The van der Waals surface area contributed by atoms with Gasteiger partial charge in [0.15, 0.2) is 9.84 Å². The van der Waals surface area contributed by atoms with Gasteiger partial charge in [0.1, 0.15) is 11.6 Å². The van der Waals surface area contributed by atoms with Gasteiger partial charge < -0.3 is 15.0 Å². The first-order chi connectivity index (χ1) is 12.9. The van der Waals surface area contributed by atoms with E-state index in [4.69, 9.17) is 4.74 Å². The van der Waals surface area contributed by atoms with Crippen LogP contribution in [0.2, 0.25) is 0 Å². The molecule has 2 rings (SSSR count). The topological polar surface area (TPSA) is 99.5 Å². The lowest BCUT2D eigenvalue weighted by atomic mass is 10.1. The van der Waals surface area contributed by atoms with Crippen LogP contribution in [-0.4, -0.2) is 57.0 Å². The molecule has 1 N–H and O–H groups in total. The van der Waals surface area contributed by atoms with Crippen LogP contribution in [0.1, 0.15) is 24.9 Å². The third-order valence-electron chi connectivity index (χ3n) is 4.54. The SMILES string of the molecule is COCCN(/C=C(/C#N)C(=O)NC(C)c1ccccc1)C1CCS(=O)(=O)C1. The van der Waals surface area contributed by atoms with Gasteiger partial charge in [-0.15, -0.1) is 0 Å². The van der Waals surface area contributed by atoms with Crippen molar-refractivity contribution in [3.05, 3.63) is 47.7 Å². The Bertz CT molecular complexity index is 815. The fraction of sp³-hybridized carbons (Fsp3) is 0.474. The maximum Gasteiger partial charge on any atom is 0.263 e. The Labute approximate surface area is 160 Å². The lowest BCUT2D eigenvalue weighted by Crippen LogP contribution is -2.36. The number of nitrogens with zero attached hydrogens (tertiary/aromatic N) is 2. The van der Waals surface area contributed by atoms with E-state index in [0.717, 1.165) is 5.56 Å². The highest BCUT2D eigenvalue weighted by Crippen LogP contribution is 2.19. The van der Waals surface area contributed by atoms with E-state index in [9.17, 15) is 18.5 Å². The molecule has 2 unspecified atom stereocenters. The van der Waals surface area contributed by atoms with Gasteiger partial charge >= 0.3 is 0 Å². The van der Waals surface area contributed by atoms with Crippen molar-refractivity contribution in [2.24, 2.45) is 0 Å². The van der Waals surface area contributed by atoms with E-state index in [1.54, 1.807) is 12.0 Å². The quantitative estimate of drug-likeness (QED) is 0.531. The summed E-state index contributed by atoms with van der Waals surface area (Å²) in [5.41, 5.74) is 0.874. The van der Waals surface area contributed by atoms with Gasteiger partial charge in [-0.25, -0.2) is 8.42 Å². The van der Waals surface area contributed by atoms with Gasteiger partial charge in [0.2, 0.25) is 0 Å². The summed E-state index contributed by atoms with van der Waals surface area (Å²) in [4.78, 5) is 14.3. The number of carbonyl (C=O) groups excluding carboxylic acids is 1. The minimum absolute atomic E-state index is 0.0218. The van der Waals surface area contributed by atoms with Crippen molar-refractivity contribution in [1.82, 2.24) is 10.2 Å². The smallest absolute Gasteiger partial charge is 0.263 e. The normalized spacial score (nSPS) is 19.9. The molecule has 146 valence electrons. The molecular weight excluding hydrogens is 366 g/mol. The summed E-state index contributed by atoms with van der Waals surface area (Å²) in [6.07, 6.45) is 1.93. The molecule has 1 fully saturated rings. The Morgan fingerprint density at radius 3 is 2.70 bits per heavy atom. The molecule has 7 nitrogen and oxygen atoms in total. The average Bonchev–Trinajstić information content (AvgIpc) is 3.02. The van der Waals surface area contributed by atoms with Crippen LogP contribution in [-0.2, 0) is 19.4 Å². The number of rotatable bonds is 8. The van der Waals surface area contributed by atoms with Crippen LogP contribution in [0, 0.1) is 11.3 Å². The molecule has 2 atom stereocenters. The Morgan fingerprint density at radius 1 is 1.44 bits per heavy atom. The molecule has 0 radical (unpaired) electrons. The van der Waals surface area contributed by atoms with Gasteiger partial charge in [0.25, 0.3) is 5.91 Å². The van der Waals surface area contributed by atoms with E-state index in [0.29, 0.717) is 19.6 Å². The first-order valence-corrected chi connectivity index (χ1v) is 10.6. The van der Waals surface area contributed by atoms with Gasteiger partial charge in [-0.05, 0) is 18.9 Å². The molecule has 8 heteroatoms. The molecular formula is C19H25N3O4S. The van der Waals surface area contributed by atoms with Crippen molar-refractivity contribution in [2.75, 3.05) is 31.8 Å². The number of amides is 1. The van der Waals surface area contributed by atoms with Crippen LogP contribution in [0.4, 0.5) is 0 Å². The number of nitriles is 1. The average molecular weight is 391 g/mol. The zero-order valence-electron chi connectivity index (χ0n) is 15.6. The molecule has 1 heterocycles. The first kappa shape index (κ1) is 20.9. The second kappa shape index (κ2) is 9.53. The highest BCUT2D eigenvalue weighted by Gasteiger charge is 2.31. The number of carbonyl (C=O) groups is 1. The van der Waals surface area contributed by atoms with Crippen LogP contribution in [0.15, 0.2) is 42.1 Å². The molecule has 0 bridgehead atoms. The van der Waals surface area contributed by atoms with E-state index in [1.807, 2.05) is 43.3 Å². The van der Waals surface area contributed by atoms with E-state index in [1.165, 1.54) is 6.20 Å². The standard InChI is InChI=1S/C19H25N3O4S/c1-15(16-6-4-3-5-7-16)21-19(23)17(12-20)13-22(9-10-26-2)18-8-11-27(24,25)14-18/h3-7,13,15,18H,8-11,14H2,1-2H3,(H,21,23)/b17-13-. The van der Waals surface area contributed by atoms with Gasteiger partial charge in [-0.1, -0.05) is 30.3 Å². The molecule has 1 aromatic rings. The van der Waals surface area contributed by atoms with Crippen molar-refractivity contribution in [2.45, 2.75) is 25.4 Å². The number of ether oxygens (including phenoxy) is 1. The maximum absolute atomic E-state index is 12.5. The van der Waals surface area contributed by atoms with Gasteiger partial charge in [0, 0.05) is 25.9 Å². The molecule has 27 heavy (non-hydrogen) atoms. The summed E-state index contributed by atoms with van der Waals surface area (Å²) >= 11 is 0. The molecule has 1 aromatic carbocycles. The van der Waals surface area contributed by atoms with Gasteiger partial charge in [-0.3, -0.25) is 4.79 Å². The maximum atomic E-state index is 12.5. The molecule has 1 saturated heterocycles. The second-order valence-corrected chi connectivity index (χ2v) is 8.78. The minimum atomic E-state index is -3.08. The number of methoxy groups -OCH3 is 1. The number of sulfone groups is 1. The Kier molecular flexibility index (Phi) is 7.39. The fourth-order valence-corrected chi connectivity index (χ4v) is 4.73. The van der Waals surface area contributed by atoms with E-state index in [2.05, 4.69) is 5.32 Å². The molecule has 0 saturated carbocycles. The van der Waals surface area contributed by atoms with E-state index in [-0.39, 0.29) is 29.2 Å². The molecule has 1 amide bonds. The summed E-state index contributed by atoms with van der Waals surface area (Å²) in [6, 6.07) is 10.9. The highest BCUT2D eigenvalue weighted by molar-refractivity contribution is 7.91. The lowest BCUT2D eigenvalue weighted by molar-refractivity contribution is -0.117. The van der Waals surface area contributed by atoms with E-state index < -0.39 is 15.7 Å². The third-order valence-corrected chi connectivity index (χ3v) is 6.29. The minimum Gasteiger partial charge on any atom is -0.383 e. The zero-order chi connectivity index (χ0) is 19.9. The summed E-state index contributed by atoms with van der Waals surface area (Å²) < 4.78 is 28.7. The van der Waals surface area contributed by atoms with Crippen LogP contribution in [0.3, 0.4) is 0 Å². The monoisotopic (exact) mass is 391 g/mol. The first-order valence-electron chi connectivity index (χ1n) is 8.79. The van der Waals surface area contributed by atoms with Crippen molar-refractivity contribution < 1.29 is 17.9 Å². The Hall–Kier alpha value is -2.37. The summed E-state index contributed by atoms with van der Waals surface area (Å²) in [5, 5.41) is 12.3. The predicted octanol–water partition coefficient (Wildman–Crippen LogP) is 1.41. The molecule has 0 spiro atoms. The summed E-state index contributed by atoms with van der Waals surface area (Å²) in [7, 11) is -1.53. The fourth-order valence-electron chi connectivity index (χ4n) is 2.99. The highest BCUT2D eigenvalue weighted by atomic mass is 32.2. The van der Waals surface area contributed by atoms with Crippen molar-refractivity contribution >= 4 is 15.7 Å². The number of hydrogen-bond acceptors (Lipinski definition) is 6. The van der Waals surface area contributed by atoms with E-state index >= 15 is 0 Å². The number of benzene rings is 1. The Balaban J connectivity index is 2.14. The lowest BCUT2D eigenvalue weighted by Gasteiger charge is -2.26. The van der Waals surface area contributed by atoms with Crippen molar-refractivity contribution in [3.63, 3.8) is 0 Å². The van der Waals surface area contributed by atoms with Crippen LogP contribution < -0.4 is 5.32 Å². The summed E-state index contributed by atoms with van der Waals surface area (Å²) in [6.45, 7) is 2.62. The van der Waals surface area contributed by atoms with Crippen LogP contribution in [0.25, 0.3) is 0 Å². The third kappa shape index (κ3) is 6.08. The zero-order valence-corrected chi connectivity index (χ0v) is 16.4. The van der Waals surface area contributed by atoms with Crippen LogP contribution >= 0.6 is 0 Å². The molecule has 1 aliphatic heterocycles. The molecule has 0 aromatic heterocycles. The second-order valence-electron chi connectivity index (χ2n) is 6.55. The number of nitrogens with one attached hydrogen (secondary N) is 1. The molecule has 0 aliphatic carbocycles. The summed E-state index contributed by atoms with van der Waals surface area (Å²) in [5.74, 6) is -0.348. The van der Waals surface area contributed by atoms with Gasteiger partial charge in [0.05, 0.1) is 24.2 Å².